The van der Waals surface area contributed by atoms with E-state index >= 15 is 0 Å². The lowest BCUT2D eigenvalue weighted by Gasteiger charge is -2.17. The zero-order chi connectivity index (χ0) is 8.77. The van der Waals surface area contributed by atoms with Crippen molar-refractivity contribution in [3.05, 3.63) is 11.9 Å². The highest BCUT2D eigenvalue weighted by atomic mass is 16.3. The second kappa shape index (κ2) is 2.29. The van der Waals surface area contributed by atoms with Gasteiger partial charge in [-0.25, -0.2) is 0 Å². The molecule has 0 saturated heterocycles. The molecule has 0 bridgehead atoms. The Morgan fingerprint density at radius 2 is 2.33 bits per heavy atom. The largest absolute Gasteiger partial charge is 0.392 e. The number of hydrogen-bond donors (Lipinski definition) is 1. The zero-order valence-corrected chi connectivity index (χ0v) is 7.36. The van der Waals surface area contributed by atoms with Crippen LogP contribution in [0.25, 0.3) is 0 Å². The minimum atomic E-state index is -0.297. The van der Waals surface area contributed by atoms with E-state index in [1.807, 2.05) is 14.0 Å². The maximum atomic E-state index is 9.57. The SMILES string of the molecule is CC(O)C1(c2cnnn2C)CC1. The van der Waals surface area contributed by atoms with Crippen LogP contribution in [0.15, 0.2) is 6.20 Å². The van der Waals surface area contributed by atoms with Crippen LogP contribution in [0.1, 0.15) is 25.5 Å². The molecule has 1 unspecified atom stereocenters. The minimum absolute atomic E-state index is 0.0434. The number of nitrogens with zero attached hydrogens (tertiary/aromatic N) is 3. The Balaban J connectivity index is 2.36. The van der Waals surface area contributed by atoms with Gasteiger partial charge in [0.15, 0.2) is 0 Å². The fourth-order valence-corrected chi connectivity index (χ4v) is 1.76. The van der Waals surface area contributed by atoms with Crippen LogP contribution in [0.3, 0.4) is 0 Å². The summed E-state index contributed by atoms with van der Waals surface area (Å²) < 4.78 is 1.75. The molecule has 0 radical (unpaired) electrons. The van der Waals surface area contributed by atoms with E-state index in [9.17, 15) is 5.11 Å². The molecule has 1 saturated carbocycles. The minimum Gasteiger partial charge on any atom is -0.392 e. The standard InChI is InChI=1S/C8H13N3O/c1-6(12)8(3-4-8)7-5-9-10-11(7)2/h5-6,12H,3-4H2,1-2H3. The van der Waals surface area contributed by atoms with Crippen molar-refractivity contribution < 1.29 is 5.11 Å². The lowest BCUT2D eigenvalue weighted by molar-refractivity contribution is 0.146. The molecule has 1 N–H and O–H groups in total. The molecule has 1 aromatic heterocycles. The third-order valence-electron chi connectivity index (χ3n) is 2.81. The highest BCUT2D eigenvalue weighted by molar-refractivity contribution is 5.24. The summed E-state index contributed by atoms with van der Waals surface area (Å²) in [7, 11) is 1.87. The summed E-state index contributed by atoms with van der Waals surface area (Å²) in [6.45, 7) is 1.83. The van der Waals surface area contributed by atoms with Gasteiger partial charge in [-0.1, -0.05) is 5.21 Å². The molecular formula is C8H13N3O. The van der Waals surface area contributed by atoms with Gasteiger partial charge in [0.05, 0.1) is 18.0 Å². The third kappa shape index (κ3) is 0.876. The number of aromatic nitrogens is 3. The Hall–Kier alpha value is -0.900. The van der Waals surface area contributed by atoms with Gasteiger partial charge >= 0.3 is 0 Å². The molecule has 4 heteroatoms. The van der Waals surface area contributed by atoms with Crippen LogP contribution in [-0.4, -0.2) is 26.2 Å². The maximum Gasteiger partial charge on any atom is 0.0731 e. The summed E-state index contributed by atoms with van der Waals surface area (Å²) in [4.78, 5) is 0. The fourth-order valence-electron chi connectivity index (χ4n) is 1.76. The zero-order valence-electron chi connectivity index (χ0n) is 7.36. The average Bonchev–Trinajstić information content (AvgIpc) is 2.71. The lowest BCUT2D eigenvalue weighted by atomic mass is 9.97. The van der Waals surface area contributed by atoms with Crippen LogP contribution in [0.5, 0.6) is 0 Å². The molecule has 66 valence electrons. The van der Waals surface area contributed by atoms with Crippen molar-refractivity contribution in [1.82, 2.24) is 15.0 Å². The predicted molar refractivity (Wildman–Crippen MR) is 43.6 cm³/mol. The molecule has 2 rings (SSSR count). The van der Waals surface area contributed by atoms with Crippen molar-refractivity contribution in [2.75, 3.05) is 0 Å². The molecule has 1 fully saturated rings. The number of rotatable bonds is 2. The summed E-state index contributed by atoms with van der Waals surface area (Å²) in [5.74, 6) is 0. The maximum absolute atomic E-state index is 9.57. The quantitative estimate of drug-likeness (QED) is 0.686. The first-order chi connectivity index (χ1) is 5.67. The van der Waals surface area contributed by atoms with Crippen LogP contribution in [0.4, 0.5) is 0 Å². The number of hydrogen-bond acceptors (Lipinski definition) is 3. The van der Waals surface area contributed by atoms with Gasteiger partial charge in [0.25, 0.3) is 0 Å². The monoisotopic (exact) mass is 167 g/mol. The molecule has 1 aliphatic carbocycles. The van der Waals surface area contributed by atoms with Gasteiger partial charge in [0.2, 0.25) is 0 Å². The highest BCUT2D eigenvalue weighted by Gasteiger charge is 2.50. The van der Waals surface area contributed by atoms with Crippen LogP contribution < -0.4 is 0 Å². The molecule has 0 aliphatic heterocycles. The molecule has 1 aliphatic rings. The molecular weight excluding hydrogens is 154 g/mol. The van der Waals surface area contributed by atoms with E-state index in [0.29, 0.717) is 0 Å². The Morgan fingerprint density at radius 1 is 1.67 bits per heavy atom. The third-order valence-corrected chi connectivity index (χ3v) is 2.81. The highest BCUT2D eigenvalue weighted by Crippen LogP contribution is 2.50. The fraction of sp³-hybridized carbons (Fsp3) is 0.750. The van der Waals surface area contributed by atoms with Crippen molar-refractivity contribution in [2.45, 2.75) is 31.3 Å². The van der Waals surface area contributed by atoms with Crippen molar-refractivity contribution in [2.24, 2.45) is 7.05 Å². The van der Waals surface area contributed by atoms with Crippen LogP contribution in [0.2, 0.25) is 0 Å². The van der Waals surface area contributed by atoms with Gasteiger partial charge in [0, 0.05) is 12.5 Å². The topological polar surface area (TPSA) is 50.9 Å². The Bertz CT molecular complexity index is 288. The van der Waals surface area contributed by atoms with E-state index in [1.54, 1.807) is 10.9 Å². The summed E-state index contributed by atoms with van der Waals surface area (Å²) >= 11 is 0. The van der Waals surface area contributed by atoms with Crippen molar-refractivity contribution in [3.63, 3.8) is 0 Å². The number of aliphatic hydroxyl groups is 1. The number of aryl methyl sites for hydroxylation is 1. The van der Waals surface area contributed by atoms with E-state index in [1.165, 1.54) is 0 Å². The molecule has 0 spiro atoms. The summed E-state index contributed by atoms with van der Waals surface area (Å²) in [5.41, 5.74) is 1.01. The van der Waals surface area contributed by atoms with Gasteiger partial charge in [0.1, 0.15) is 0 Å². The Labute approximate surface area is 71.2 Å². The second-order valence-electron chi connectivity index (χ2n) is 3.57. The molecule has 0 aromatic carbocycles. The van der Waals surface area contributed by atoms with Crippen molar-refractivity contribution in [1.29, 1.82) is 0 Å². The van der Waals surface area contributed by atoms with Gasteiger partial charge < -0.3 is 5.11 Å². The second-order valence-corrected chi connectivity index (χ2v) is 3.57. The smallest absolute Gasteiger partial charge is 0.0731 e. The normalized spacial score (nSPS) is 22.2. The van der Waals surface area contributed by atoms with Crippen molar-refractivity contribution >= 4 is 0 Å². The van der Waals surface area contributed by atoms with Gasteiger partial charge in [-0.2, -0.15) is 0 Å². The van der Waals surface area contributed by atoms with Gasteiger partial charge in [-0.05, 0) is 19.8 Å². The average molecular weight is 167 g/mol. The molecule has 4 nitrogen and oxygen atoms in total. The van der Waals surface area contributed by atoms with Crippen LogP contribution in [-0.2, 0) is 12.5 Å². The van der Waals surface area contributed by atoms with Gasteiger partial charge in [-0.3, -0.25) is 4.68 Å². The predicted octanol–water partition coefficient (Wildman–Crippen LogP) is 0.227. The molecule has 12 heavy (non-hydrogen) atoms. The van der Waals surface area contributed by atoms with E-state index in [4.69, 9.17) is 0 Å². The Morgan fingerprint density at radius 3 is 2.67 bits per heavy atom. The molecule has 1 heterocycles. The van der Waals surface area contributed by atoms with Crippen molar-refractivity contribution in [3.8, 4) is 0 Å². The summed E-state index contributed by atoms with van der Waals surface area (Å²) in [5, 5.41) is 17.2. The van der Waals surface area contributed by atoms with E-state index in [-0.39, 0.29) is 11.5 Å². The summed E-state index contributed by atoms with van der Waals surface area (Å²) in [6, 6.07) is 0. The summed E-state index contributed by atoms with van der Waals surface area (Å²) in [6.07, 6.45) is 3.55. The molecule has 0 amide bonds. The van der Waals surface area contributed by atoms with Crippen LogP contribution >= 0.6 is 0 Å². The van der Waals surface area contributed by atoms with E-state index in [0.717, 1.165) is 18.5 Å². The lowest BCUT2D eigenvalue weighted by Crippen LogP contribution is -2.25. The number of aliphatic hydroxyl groups excluding tert-OH is 1. The molecule has 1 aromatic rings. The van der Waals surface area contributed by atoms with Crippen LogP contribution in [0, 0.1) is 0 Å². The van der Waals surface area contributed by atoms with E-state index < -0.39 is 0 Å². The first-order valence-corrected chi connectivity index (χ1v) is 4.20. The molecule has 1 atom stereocenters. The van der Waals surface area contributed by atoms with E-state index in [2.05, 4.69) is 10.3 Å². The van der Waals surface area contributed by atoms with Gasteiger partial charge in [-0.15, -0.1) is 5.10 Å². The first-order valence-electron chi connectivity index (χ1n) is 4.20. The Kier molecular flexibility index (Phi) is 1.48. The first kappa shape index (κ1) is 7.73.